The summed E-state index contributed by atoms with van der Waals surface area (Å²) in [5.41, 5.74) is 2.58. The van der Waals surface area contributed by atoms with Crippen LogP contribution in [0.25, 0.3) is 5.69 Å². The summed E-state index contributed by atoms with van der Waals surface area (Å²) >= 11 is 0. The summed E-state index contributed by atoms with van der Waals surface area (Å²) in [7, 11) is 2.13. The number of imidazole rings is 1. The number of fused-ring (bicyclic) bond motifs is 3. The molecule has 0 radical (unpaired) electrons. The van der Waals surface area contributed by atoms with E-state index in [1.54, 1.807) is 0 Å². The number of H-pyrrole nitrogens is 1. The van der Waals surface area contributed by atoms with Crippen LogP contribution in [0.15, 0.2) is 18.5 Å². The maximum Gasteiger partial charge on any atom is 0.130 e. The molecular formula is C15H20N4. The molecule has 1 aliphatic heterocycles. The average molecular weight is 256 g/mol. The highest BCUT2D eigenvalue weighted by Gasteiger charge is 2.27. The Balaban J connectivity index is 1.81. The summed E-state index contributed by atoms with van der Waals surface area (Å²) in [6.07, 6.45) is 10.8. The van der Waals surface area contributed by atoms with Crippen LogP contribution in [-0.2, 0) is 6.54 Å². The molecule has 4 rings (SSSR count). The molecule has 1 aliphatic carbocycles. The molecule has 1 N–H and O–H groups in total. The van der Waals surface area contributed by atoms with Crippen LogP contribution in [0.4, 0.5) is 5.82 Å². The van der Waals surface area contributed by atoms with E-state index in [0.717, 1.165) is 6.54 Å². The number of nitrogens with zero attached hydrogens (tertiary/aromatic N) is 3. The Hall–Kier alpha value is -1.71. The highest BCUT2D eigenvalue weighted by atomic mass is 15.3. The van der Waals surface area contributed by atoms with Gasteiger partial charge in [0.25, 0.3) is 0 Å². The lowest BCUT2D eigenvalue weighted by atomic mass is 9.88. The zero-order chi connectivity index (χ0) is 12.8. The van der Waals surface area contributed by atoms with Gasteiger partial charge in [0.15, 0.2) is 0 Å². The third kappa shape index (κ3) is 1.62. The van der Waals surface area contributed by atoms with Crippen molar-refractivity contribution in [2.45, 2.75) is 44.6 Å². The summed E-state index contributed by atoms with van der Waals surface area (Å²) in [5, 5.41) is 0. The summed E-state index contributed by atoms with van der Waals surface area (Å²) in [6.45, 7) is 0.938. The van der Waals surface area contributed by atoms with Gasteiger partial charge in [-0.15, -0.1) is 0 Å². The number of aromatic amines is 1. The van der Waals surface area contributed by atoms with Crippen LogP contribution < -0.4 is 4.90 Å². The number of aromatic nitrogens is 3. The second-order valence-corrected chi connectivity index (χ2v) is 5.85. The van der Waals surface area contributed by atoms with Gasteiger partial charge in [-0.1, -0.05) is 19.3 Å². The number of hydrogen-bond donors (Lipinski definition) is 1. The van der Waals surface area contributed by atoms with Gasteiger partial charge in [0.05, 0.1) is 24.1 Å². The standard InChI is InChI=1S/C15H20N4/c1-18-10-12-9-17-14(11-5-3-2-4-6-11)19(12)13-7-8-16-15(13)18/h7-9,11,16H,2-6,10H2,1H3. The smallest absolute Gasteiger partial charge is 0.130 e. The van der Waals surface area contributed by atoms with Crippen LogP contribution in [-0.4, -0.2) is 21.6 Å². The predicted molar refractivity (Wildman–Crippen MR) is 75.8 cm³/mol. The van der Waals surface area contributed by atoms with E-state index in [4.69, 9.17) is 4.98 Å². The van der Waals surface area contributed by atoms with E-state index in [1.807, 2.05) is 6.20 Å². The van der Waals surface area contributed by atoms with Crippen molar-refractivity contribution in [3.8, 4) is 5.69 Å². The van der Waals surface area contributed by atoms with E-state index in [0.29, 0.717) is 5.92 Å². The molecule has 2 aromatic rings. The molecule has 0 atom stereocenters. The summed E-state index contributed by atoms with van der Waals surface area (Å²) in [6, 6.07) is 2.17. The van der Waals surface area contributed by atoms with Crippen molar-refractivity contribution in [2.75, 3.05) is 11.9 Å². The molecule has 4 nitrogen and oxygen atoms in total. The fourth-order valence-electron chi connectivity index (χ4n) is 3.60. The van der Waals surface area contributed by atoms with Gasteiger partial charge in [-0.25, -0.2) is 4.98 Å². The Morgan fingerprint density at radius 1 is 1.26 bits per heavy atom. The minimum absolute atomic E-state index is 0.647. The quantitative estimate of drug-likeness (QED) is 0.850. The summed E-state index contributed by atoms with van der Waals surface area (Å²) in [5.74, 6) is 3.14. The topological polar surface area (TPSA) is 36.9 Å². The zero-order valence-electron chi connectivity index (χ0n) is 11.4. The van der Waals surface area contributed by atoms with Gasteiger partial charge < -0.3 is 9.88 Å². The fourth-order valence-corrected chi connectivity index (χ4v) is 3.60. The van der Waals surface area contributed by atoms with Gasteiger partial charge in [-0.3, -0.25) is 4.57 Å². The fraction of sp³-hybridized carbons (Fsp3) is 0.533. The molecule has 0 unspecified atom stereocenters. The SMILES string of the molecule is CN1Cc2cnc(C3CCCCC3)n2-c2cc[nH]c21. The van der Waals surface area contributed by atoms with Crippen LogP contribution in [0.1, 0.15) is 49.5 Å². The lowest BCUT2D eigenvalue weighted by Crippen LogP contribution is -2.26. The van der Waals surface area contributed by atoms with E-state index in [9.17, 15) is 0 Å². The van der Waals surface area contributed by atoms with Crippen molar-refractivity contribution in [3.63, 3.8) is 0 Å². The first-order chi connectivity index (χ1) is 9.34. The molecular weight excluding hydrogens is 236 g/mol. The third-order valence-electron chi connectivity index (χ3n) is 4.56. The lowest BCUT2D eigenvalue weighted by molar-refractivity contribution is 0.424. The Kier molecular flexibility index (Phi) is 2.43. The molecule has 4 heteroatoms. The van der Waals surface area contributed by atoms with E-state index in [1.165, 1.54) is 55.1 Å². The lowest BCUT2D eigenvalue weighted by Gasteiger charge is -2.29. The van der Waals surface area contributed by atoms with Gasteiger partial charge in [0, 0.05) is 19.2 Å². The molecule has 0 saturated heterocycles. The second-order valence-electron chi connectivity index (χ2n) is 5.85. The average Bonchev–Trinajstić information content (AvgIpc) is 3.05. The van der Waals surface area contributed by atoms with Crippen molar-refractivity contribution < 1.29 is 0 Å². The van der Waals surface area contributed by atoms with Crippen LogP contribution in [0.5, 0.6) is 0 Å². The molecule has 2 aromatic heterocycles. The van der Waals surface area contributed by atoms with Crippen LogP contribution in [0.2, 0.25) is 0 Å². The van der Waals surface area contributed by atoms with Gasteiger partial charge in [-0.05, 0) is 18.9 Å². The van der Waals surface area contributed by atoms with E-state index < -0.39 is 0 Å². The Morgan fingerprint density at radius 2 is 2.11 bits per heavy atom. The normalized spacial score (nSPS) is 19.3. The number of nitrogens with one attached hydrogen (secondary N) is 1. The van der Waals surface area contributed by atoms with Crippen molar-refractivity contribution in [1.82, 2.24) is 14.5 Å². The first kappa shape index (κ1) is 11.1. The molecule has 0 spiro atoms. The minimum atomic E-state index is 0.647. The highest BCUT2D eigenvalue weighted by Crippen LogP contribution is 2.37. The van der Waals surface area contributed by atoms with Gasteiger partial charge in [-0.2, -0.15) is 0 Å². The predicted octanol–water partition coefficient (Wildman–Crippen LogP) is 3.20. The third-order valence-corrected chi connectivity index (χ3v) is 4.56. The van der Waals surface area contributed by atoms with Gasteiger partial charge in [0.1, 0.15) is 11.6 Å². The van der Waals surface area contributed by atoms with Gasteiger partial charge >= 0.3 is 0 Å². The number of hydrogen-bond acceptors (Lipinski definition) is 2. The largest absolute Gasteiger partial charge is 0.354 e. The monoisotopic (exact) mass is 256 g/mol. The molecule has 1 saturated carbocycles. The molecule has 2 aliphatic rings. The van der Waals surface area contributed by atoms with Crippen LogP contribution >= 0.6 is 0 Å². The summed E-state index contributed by atoms with van der Waals surface area (Å²) in [4.78, 5) is 10.4. The first-order valence-electron chi connectivity index (χ1n) is 7.30. The van der Waals surface area contributed by atoms with Gasteiger partial charge in [0.2, 0.25) is 0 Å². The van der Waals surface area contributed by atoms with E-state index in [2.05, 4.69) is 33.8 Å². The maximum atomic E-state index is 4.76. The Bertz CT molecular complexity index is 589. The number of anilines is 1. The second kappa shape index (κ2) is 4.15. The zero-order valence-corrected chi connectivity index (χ0v) is 11.4. The number of rotatable bonds is 1. The van der Waals surface area contributed by atoms with Crippen LogP contribution in [0, 0.1) is 0 Å². The van der Waals surface area contributed by atoms with Crippen molar-refractivity contribution >= 4 is 5.82 Å². The molecule has 3 heterocycles. The van der Waals surface area contributed by atoms with E-state index >= 15 is 0 Å². The molecule has 0 aromatic carbocycles. The molecule has 0 amide bonds. The first-order valence-corrected chi connectivity index (χ1v) is 7.30. The van der Waals surface area contributed by atoms with Crippen molar-refractivity contribution in [3.05, 3.63) is 30.0 Å². The minimum Gasteiger partial charge on any atom is -0.354 e. The molecule has 100 valence electrons. The molecule has 19 heavy (non-hydrogen) atoms. The maximum absolute atomic E-state index is 4.76. The Morgan fingerprint density at radius 3 is 2.95 bits per heavy atom. The van der Waals surface area contributed by atoms with E-state index in [-0.39, 0.29) is 0 Å². The summed E-state index contributed by atoms with van der Waals surface area (Å²) < 4.78 is 2.39. The molecule has 1 fully saturated rings. The van der Waals surface area contributed by atoms with Crippen LogP contribution in [0.3, 0.4) is 0 Å². The molecule has 0 bridgehead atoms. The van der Waals surface area contributed by atoms with Crippen molar-refractivity contribution in [2.24, 2.45) is 0 Å². The van der Waals surface area contributed by atoms with Crippen molar-refractivity contribution in [1.29, 1.82) is 0 Å². The highest BCUT2D eigenvalue weighted by molar-refractivity contribution is 5.62. The Labute approximate surface area is 113 Å².